The van der Waals surface area contributed by atoms with Crippen molar-refractivity contribution in [3.8, 4) is 0 Å². The number of halogens is 3. The van der Waals surface area contributed by atoms with Gasteiger partial charge >= 0.3 is 6.18 Å². The van der Waals surface area contributed by atoms with Gasteiger partial charge in [-0.15, -0.1) is 0 Å². The molecule has 0 N–H and O–H groups in total. The highest BCUT2D eigenvalue weighted by molar-refractivity contribution is 6.30. The lowest BCUT2D eigenvalue weighted by atomic mass is 9.86. The number of benzene rings is 4. The van der Waals surface area contributed by atoms with Crippen molar-refractivity contribution < 1.29 is 17.6 Å². The van der Waals surface area contributed by atoms with E-state index in [9.17, 15) is 13.2 Å². The number of hydrogen-bond donors (Lipinski definition) is 0. The third-order valence-electron chi connectivity index (χ3n) is 6.94. The summed E-state index contributed by atoms with van der Waals surface area (Å²) in [6, 6.07) is 20.2. The second-order valence-corrected chi connectivity index (χ2v) is 11.5. The smallest absolute Gasteiger partial charge is 0.389 e. The number of hydrogen-bond acceptors (Lipinski definition) is 2. The Morgan fingerprint density at radius 3 is 2.35 bits per heavy atom. The summed E-state index contributed by atoms with van der Waals surface area (Å²) in [6.07, 6.45) is -4.27. The molecule has 0 atom stereocenters. The molecule has 1 aliphatic heterocycles. The Hall–Kier alpha value is -3.60. The Kier molecular flexibility index (Phi) is 5.27. The van der Waals surface area contributed by atoms with Crippen LogP contribution in [-0.2, 0) is 12.8 Å². The summed E-state index contributed by atoms with van der Waals surface area (Å²) >= 11 is 0. The summed E-state index contributed by atoms with van der Waals surface area (Å²) in [6.45, 7) is 8.59. The van der Waals surface area contributed by atoms with Crippen LogP contribution in [0.5, 0.6) is 0 Å². The van der Waals surface area contributed by atoms with E-state index < -0.39 is 12.6 Å². The van der Waals surface area contributed by atoms with Crippen LogP contribution < -0.4 is 0 Å². The largest absolute Gasteiger partial charge is 0.455 e. The maximum atomic E-state index is 13.1. The summed E-state index contributed by atoms with van der Waals surface area (Å²) in [7, 11) is 0. The molecule has 0 spiro atoms. The fourth-order valence-corrected chi connectivity index (χ4v) is 5.57. The molecule has 0 unspecified atom stereocenters. The minimum Gasteiger partial charge on any atom is -0.455 e. The van der Waals surface area contributed by atoms with Crippen molar-refractivity contribution in [2.75, 3.05) is 0 Å². The van der Waals surface area contributed by atoms with Gasteiger partial charge in [0, 0.05) is 33.7 Å². The zero-order valence-corrected chi connectivity index (χ0v) is 21.4. The molecule has 0 saturated carbocycles. The van der Waals surface area contributed by atoms with E-state index in [2.05, 4.69) is 45.0 Å². The highest BCUT2D eigenvalue weighted by atomic mass is 19.4. The first kappa shape index (κ1) is 23.8. The van der Waals surface area contributed by atoms with E-state index >= 15 is 0 Å². The molecular weight excluding hydrogens is 471 g/mol. The topological polar surface area (TPSA) is 25.5 Å². The summed E-state index contributed by atoms with van der Waals surface area (Å²) < 4.78 is 45.7. The minimum absolute atomic E-state index is 0.0631. The summed E-state index contributed by atoms with van der Waals surface area (Å²) in [4.78, 5) is 5.10. The van der Waals surface area contributed by atoms with Crippen LogP contribution in [0.2, 0.25) is 0 Å². The van der Waals surface area contributed by atoms with Crippen molar-refractivity contribution >= 4 is 44.1 Å². The SMILES string of the molecule is Cc1cc(C2=Nc3cc(CC(C)(C)C)cc4cc(CCC(F)(F)F)cc2c34)c2oc3ccccc3c2c1. The molecule has 5 heteroatoms. The van der Waals surface area contributed by atoms with E-state index in [1.165, 1.54) is 0 Å². The van der Waals surface area contributed by atoms with Gasteiger partial charge in [-0.2, -0.15) is 13.2 Å². The number of alkyl halides is 3. The second-order valence-electron chi connectivity index (χ2n) is 11.5. The fourth-order valence-electron chi connectivity index (χ4n) is 5.57. The Balaban J connectivity index is 1.59. The molecule has 1 aromatic heterocycles. The monoisotopic (exact) mass is 499 g/mol. The molecule has 37 heavy (non-hydrogen) atoms. The van der Waals surface area contributed by atoms with Crippen molar-refractivity contribution in [3.05, 3.63) is 88.5 Å². The van der Waals surface area contributed by atoms with E-state index in [0.717, 1.165) is 72.8 Å². The zero-order chi connectivity index (χ0) is 26.1. The van der Waals surface area contributed by atoms with Crippen LogP contribution in [0.1, 0.15) is 55.0 Å². The van der Waals surface area contributed by atoms with Gasteiger partial charge in [0.1, 0.15) is 11.2 Å². The van der Waals surface area contributed by atoms with E-state index in [-0.39, 0.29) is 11.8 Å². The standard InChI is InChI=1S/C32H28F3NO/c1-18-11-23-22-7-5-6-8-27(22)37-30(23)25(12-18)29-24-15-19(9-10-32(33,34)35)13-21-14-20(17-31(2,3)4)16-26(36-29)28(21)24/h5-8,11-16H,9-10,17H2,1-4H3. The van der Waals surface area contributed by atoms with Crippen LogP contribution in [0.25, 0.3) is 32.7 Å². The fraction of sp³-hybridized carbons (Fsp3) is 0.281. The predicted octanol–water partition coefficient (Wildman–Crippen LogP) is 9.61. The van der Waals surface area contributed by atoms with E-state index in [4.69, 9.17) is 9.41 Å². The lowest BCUT2D eigenvalue weighted by Crippen LogP contribution is -2.10. The zero-order valence-electron chi connectivity index (χ0n) is 21.4. The normalized spacial score (nSPS) is 13.8. The van der Waals surface area contributed by atoms with Crippen molar-refractivity contribution in [2.24, 2.45) is 10.4 Å². The molecule has 0 fully saturated rings. The molecule has 0 saturated heterocycles. The number of nitrogens with zero attached hydrogens (tertiary/aromatic N) is 1. The van der Waals surface area contributed by atoms with Crippen molar-refractivity contribution in [1.82, 2.24) is 0 Å². The summed E-state index contributed by atoms with van der Waals surface area (Å²) in [5, 5.41) is 3.99. The van der Waals surface area contributed by atoms with Crippen LogP contribution in [0.3, 0.4) is 0 Å². The lowest BCUT2D eigenvalue weighted by Gasteiger charge is -2.19. The Morgan fingerprint density at radius 1 is 0.838 bits per heavy atom. The van der Waals surface area contributed by atoms with Crippen LogP contribution in [0, 0.1) is 12.3 Å². The average Bonchev–Trinajstić information content (AvgIpc) is 3.35. The van der Waals surface area contributed by atoms with Crippen LogP contribution >= 0.6 is 0 Å². The Bertz CT molecular complexity index is 1730. The quantitative estimate of drug-likeness (QED) is 0.237. The van der Waals surface area contributed by atoms with E-state index in [1.807, 2.05) is 43.3 Å². The van der Waals surface area contributed by atoms with Gasteiger partial charge in [-0.05, 0) is 77.6 Å². The third-order valence-corrected chi connectivity index (χ3v) is 6.94. The highest BCUT2D eigenvalue weighted by Crippen LogP contribution is 2.43. The van der Waals surface area contributed by atoms with Gasteiger partial charge in [0.05, 0.1) is 11.4 Å². The van der Waals surface area contributed by atoms with Gasteiger partial charge in [-0.1, -0.05) is 51.1 Å². The number of rotatable bonds is 4. The number of aryl methyl sites for hydroxylation is 2. The van der Waals surface area contributed by atoms with Gasteiger partial charge in [0.15, 0.2) is 0 Å². The first-order chi connectivity index (χ1) is 17.4. The van der Waals surface area contributed by atoms with Gasteiger partial charge < -0.3 is 4.42 Å². The van der Waals surface area contributed by atoms with Gasteiger partial charge in [0.25, 0.3) is 0 Å². The molecule has 6 rings (SSSR count). The van der Waals surface area contributed by atoms with E-state index in [1.54, 1.807) is 0 Å². The molecule has 2 nitrogen and oxygen atoms in total. The van der Waals surface area contributed by atoms with Crippen LogP contribution in [-0.4, -0.2) is 11.9 Å². The first-order valence-corrected chi connectivity index (χ1v) is 12.6. The average molecular weight is 500 g/mol. The van der Waals surface area contributed by atoms with Crippen molar-refractivity contribution in [2.45, 2.75) is 53.1 Å². The molecular formula is C32H28F3NO. The Morgan fingerprint density at radius 2 is 1.59 bits per heavy atom. The summed E-state index contributed by atoms with van der Waals surface area (Å²) in [5.41, 5.74) is 7.88. The number of para-hydroxylation sites is 1. The highest BCUT2D eigenvalue weighted by Gasteiger charge is 2.29. The molecule has 188 valence electrons. The van der Waals surface area contributed by atoms with Crippen molar-refractivity contribution in [3.63, 3.8) is 0 Å². The maximum Gasteiger partial charge on any atom is 0.389 e. The lowest BCUT2D eigenvalue weighted by molar-refractivity contribution is -0.133. The Labute approximate surface area is 213 Å². The number of furan rings is 1. The first-order valence-electron chi connectivity index (χ1n) is 12.6. The molecule has 2 heterocycles. The van der Waals surface area contributed by atoms with Crippen LogP contribution in [0.15, 0.2) is 70.1 Å². The third kappa shape index (κ3) is 4.41. The van der Waals surface area contributed by atoms with Gasteiger partial charge in [0.2, 0.25) is 0 Å². The second kappa shape index (κ2) is 8.20. The number of fused-ring (bicyclic) bond motifs is 3. The molecule has 0 radical (unpaired) electrons. The molecule has 0 bridgehead atoms. The maximum absolute atomic E-state index is 13.1. The number of aliphatic imine (C=N–C) groups is 1. The van der Waals surface area contributed by atoms with Crippen LogP contribution in [0.4, 0.5) is 18.9 Å². The molecule has 4 aromatic carbocycles. The molecule has 1 aliphatic rings. The minimum atomic E-state index is -4.21. The molecule has 5 aromatic rings. The summed E-state index contributed by atoms with van der Waals surface area (Å²) in [5.74, 6) is 0. The molecule has 0 aliphatic carbocycles. The van der Waals surface area contributed by atoms with E-state index in [0.29, 0.717) is 5.56 Å². The predicted molar refractivity (Wildman–Crippen MR) is 145 cm³/mol. The van der Waals surface area contributed by atoms with Gasteiger partial charge in [-0.3, -0.25) is 0 Å². The van der Waals surface area contributed by atoms with Crippen molar-refractivity contribution in [1.29, 1.82) is 0 Å². The molecule has 0 amide bonds. The van der Waals surface area contributed by atoms with Gasteiger partial charge in [-0.25, -0.2) is 4.99 Å².